The maximum absolute atomic E-state index is 12.3. The van der Waals surface area contributed by atoms with Crippen molar-refractivity contribution in [2.45, 2.75) is 51.2 Å². The monoisotopic (exact) mass is 344 g/mol. The van der Waals surface area contributed by atoms with Crippen LogP contribution in [0.25, 0.3) is 0 Å². The molecule has 0 radical (unpaired) electrons. The minimum atomic E-state index is -4.85. The number of hydrogen-bond donors (Lipinski definition) is 0. The Morgan fingerprint density at radius 1 is 1.25 bits per heavy atom. The lowest BCUT2D eigenvalue weighted by Crippen LogP contribution is -2.30. The first kappa shape index (κ1) is 18.4. The van der Waals surface area contributed by atoms with E-state index in [1.807, 2.05) is 30.3 Å². The number of esters is 1. The number of Topliss-reactive ketones (excluding diaryl/α,β-unsaturated/α-hetero) is 1. The molecule has 1 aliphatic heterocycles. The van der Waals surface area contributed by atoms with Crippen LogP contribution in [0.3, 0.4) is 0 Å². The highest BCUT2D eigenvalue weighted by atomic mass is 19.4. The molecule has 1 aromatic rings. The maximum atomic E-state index is 12.3. The van der Waals surface area contributed by atoms with Gasteiger partial charge in [-0.1, -0.05) is 30.3 Å². The van der Waals surface area contributed by atoms with Crippen molar-refractivity contribution >= 4 is 11.8 Å². The Morgan fingerprint density at radius 3 is 2.54 bits per heavy atom. The first-order chi connectivity index (χ1) is 11.3. The molecule has 0 unspecified atom stereocenters. The van der Waals surface area contributed by atoms with E-state index in [0.29, 0.717) is 12.8 Å². The number of benzene rings is 1. The smallest absolute Gasteiger partial charge is 0.450 e. The van der Waals surface area contributed by atoms with Crippen molar-refractivity contribution in [2.24, 2.45) is 5.92 Å². The standard InChI is InChI=1S/C17H19F3O4/c1-11(16(22)23-10-12-5-3-2-4-6-12)14-8-7-13(24-14)9-15(21)17(18,19)20/h2-6,11,13-14H,7-10H2,1H3/t11-,13+,14-/m0/s1. The van der Waals surface area contributed by atoms with Crippen molar-refractivity contribution in [1.82, 2.24) is 0 Å². The Kier molecular flexibility index (Phi) is 5.99. The number of ether oxygens (including phenoxy) is 2. The molecule has 0 amide bonds. The van der Waals surface area contributed by atoms with E-state index in [1.165, 1.54) is 0 Å². The molecule has 1 fully saturated rings. The summed E-state index contributed by atoms with van der Waals surface area (Å²) in [5.74, 6) is -2.86. The Hall–Kier alpha value is -1.89. The van der Waals surface area contributed by atoms with Crippen LogP contribution in [0.5, 0.6) is 0 Å². The Bertz CT molecular complexity index is 571. The number of halogens is 3. The summed E-state index contributed by atoms with van der Waals surface area (Å²) in [6, 6.07) is 9.15. The van der Waals surface area contributed by atoms with E-state index in [2.05, 4.69) is 0 Å². The second kappa shape index (κ2) is 7.79. The summed E-state index contributed by atoms with van der Waals surface area (Å²) < 4.78 is 47.5. The van der Waals surface area contributed by atoms with Crippen LogP contribution < -0.4 is 0 Å². The second-order valence-electron chi connectivity index (χ2n) is 5.88. The van der Waals surface area contributed by atoms with Crippen LogP contribution in [0.4, 0.5) is 13.2 Å². The molecule has 0 N–H and O–H groups in total. The van der Waals surface area contributed by atoms with Gasteiger partial charge >= 0.3 is 12.1 Å². The Labute approximate surface area is 137 Å². The van der Waals surface area contributed by atoms with Gasteiger partial charge in [0.1, 0.15) is 6.61 Å². The SMILES string of the molecule is C[C@H](C(=O)OCc1ccccc1)[C@@H]1CC[C@H](CC(=O)C(F)(F)F)O1. The van der Waals surface area contributed by atoms with E-state index in [0.717, 1.165) is 5.56 Å². The van der Waals surface area contributed by atoms with Gasteiger partial charge in [-0.2, -0.15) is 13.2 Å². The molecule has 7 heteroatoms. The van der Waals surface area contributed by atoms with Gasteiger partial charge in [0.2, 0.25) is 5.78 Å². The zero-order valence-electron chi connectivity index (χ0n) is 13.2. The molecule has 0 bridgehead atoms. The minimum Gasteiger partial charge on any atom is -0.461 e. The molecule has 1 aliphatic rings. The lowest BCUT2D eigenvalue weighted by Gasteiger charge is -2.19. The van der Waals surface area contributed by atoms with E-state index < -0.39 is 42.5 Å². The molecule has 0 aliphatic carbocycles. The summed E-state index contributed by atoms with van der Waals surface area (Å²) >= 11 is 0. The van der Waals surface area contributed by atoms with Crippen molar-refractivity contribution in [3.63, 3.8) is 0 Å². The van der Waals surface area contributed by atoms with Gasteiger partial charge in [0.05, 0.1) is 18.1 Å². The fourth-order valence-electron chi connectivity index (χ4n) is 2.59. The third-order valence-corrected chi connectivity index (χ3v) is 4.02. The molecule has 3 atom stereocenters. The largest absolute Gasteiger partial charge is 0.461 e. The van der Waals surface area contributed by atoms with Crippen LogP contribution in [-0.2, 0) is 25.7 Å². The van der Waals surface area contributed by atoms with Gasteiger partial charge in [-0.3, -0.25) is 9.59 Å². The van der Waals surface area contributed by atoms with E-state index in [-0.39, 0.29) is 6.61 Å². The summed E-state index contributed by atoms with van der Waals surface area (Å²) in [5, 5.41) is 0. The van der Waals surface area contributed by atoms with Crippen molar-refractivity contribution in [1.29, 1.82) is 0 Å². The summed E-state index contributed by atoms with van der Waals surface area (Å²) in [5.41, 5.74) is 0.846. The predicted octanol–water partition coefficient (Wildman–Crippen LogP) is 3.44. The average Bonchev–Trinajstić information content (AvgIpc) is 3.00. The summed E-state index contributed by atoms with van der Waals surface area (Å²) in [6.45, 7) is 1.75. The van der Waals surface area contributed by atoms with Crippen LogP contribution in [-0.4, -0.2) is 30.1 Å². The first-order valence-corrected chi connectivity index (χ1v) is 7.73. The molecular formula is C17H19F3O4. The van der Waals surface area contributed by atoms with Crippen LogP contribution in [0.15, 0.2) is 30.3 Å². The number of carbonyl (C=O) groups is 2. The highest BCUT2D eigenvalue weighted by molar-refractivity contribution is 5.84. The molecule has 1 saturated heterocycles. The predicted molar refractivity (Wildman–Crippen MR) is 79.0 cm³/mol. The van der Waals surface area contributed by atoms with Crippen molar-refractivity contribution in [3.05, 3.63) is 35.9 Å². The zero-order valence-corrected chi connectivity index (χ0v) is 13.2. The van der Waals surface area contributed by atoms with Crippen LogP contribution >= 0.6 is 0 Å². The molecule has 4 nitrogen and oxygen atoms in total. The van der Waals surface area contributed by atoms with Gasteiger partial charge in [-0.15, -0.1) is 0 Å². The van der Waals surface area contributed by atoms with Crippen molar-refractivity contribution in [3.8, 4) is 0 Å². The summed E-state index contributed by atoms with van der Waals surface area (Å²) in [6.07, 6.45) is -6.12. The van der Waals surface area contributed by atoms with E-state index in [9.17, 15) is 22.8 Å². The molecule has 24 heavy (non-hydrogen) atoms. The summed E-state index contributed by atoms with van der Waals surface area (Å²) in [4.78, 5) is 23.0. The van der Waals surface area contributed by atoms with Crippen LogP contribution in [0.2, 0.25) is 0 Å². The molecule has 0 aromatic heterocycles. The highest BCUT2D eigenvalue weighted by Crippen LogP contribution is 2.30. The number of alkyl halides is 3. The average molecular weight is 344 g/mol. The maximum Gasteiger partial charge on any atom is 0.450 e. The lowest BCUT2D eigenvalue weighted by molar-refractivity contribution is -0.174. The molecule has 132 valence electrons. The fraction of sp³-hybridized carbons (Fsp3) is 0.529. The Morgan fingerprint density at radius 2 is 1.92 bits per heavy atom. The second-order valence-corrected chi connectivity index (χ2v) is 5.88. The minimum absolute atomic E-state index is 0.132. The highest BCUT2D eigenvalue weighted by Gasteiger charge is 2.42. The van der Waals surface area contributed by atoms with E-state index >= 15 is 0 Å². The number of hydrogen-bond acceptors (Lipinski definition) is 4. The normalized spacial score (nSPS) is 22.2. The quantitative estimate of drug-likeness (QED) is 0.742. The number of rotatable bonds is 6. The van der Waals surface area contributed by atoms with Crippen molar-refractivity contribution in [2.75, 3.05) is 0 Å². The topological polar surface area (TPSA) is 52.6 Å². The fourth-order valence-corrected chi connectivity index (χ4v) is 2.59. The number of carbonyl (C=O) groups excluding carboxylic acids is 2. The molecule has 1 heterocycles. The van der Waals surface area contributed by atoms with E-state index in [4.69, 9.17) is 9.47 Å². The molecule has 0 saturated carbocycles. The molecule has 2 rings (SSSR count). The summed E-state index contributed by atoms with van der Waals surface area (Å²) in [7, 11) is 0. The van der Waals surface area contributed by atoms with Crippen LogP contribution in [0.1, 0.15) is 31.7 Å². The lowest BCUT2D eigenvalue weighted by atomic mass is 10.0. The van der Waals surface area contributed by atoms with Gasteiger partial charge in [0.15, 0.2) is 0 Å². The number of ketones is 1. The van der Waals surface area contributed by atoms with E-state index in [1.54, 1.807) is 6.92 Å². The van der Waals surface area contributed by atoms with Crippen molar-refractivity contribution < 1.29 is 32.2 Å². The third kappa shape index (κ3) is 5.06. The molecular weight excluding hydrogens is 325 g/mol. The first-order valence-electron chi connectivity index (χ1n) is 7.73. The van der Waals surface area contributed by atoms with Crippen LogP contribution in [0, 0.1) is 5.92 Å². The van der Waals surface area contributed by atoms with Gasteiger partial charge in [-0.05, 0) is 25.3 Å². The van der Waals surface area contributed by atoms with Gasteiger partial charge < -0.3 is 9.47 Å². The molecule has 1 aromatic carbocycles. The Balaban J connectivity index is 1.79. The van der Waals surface area contributed by atoms with Gasteiger partial charge in [-0.25, -0.2) is 0 Å². The third-order valence-electron chi connectivity index (χ3n) is 4.02. The van der Waals surface area contributed by atoms with Gasteiger partial charge in [0.25, 0.3) is 0 Å². The molecule has 0 spiro atoms. The van der Waals surface area contributed by atoms with Gasteiger partial charge in [0, 0.05) is 6.42 Å². The zero-order chi connectivity index (χ0) is 17.7.